The van der Waals surface area contributed by atoms with E-state index < -0.39 is 5.56 Å². The topological polar surface area (TPSA) is 106 Å². The fraction of sp³-hybridized carbons (Fsp3) is 0. The lowest BCUT2D eigenvalue weighted by Crippen LogP contribution is -2.16. The molecule has 0 spiro atoms. The lowest BCUT2D eigenvalue weighted by atomic mass is 9.96. The van der Waals surface area contributed by atoms with Gasteiger partial charge in [0, 0.05) is 21.2 Å². The zero-order chi connectivity index (χ0) is 14.9. The van der Waals surface area contributed by atoms with Crippen LogP contribution in [0, 0.1) is 22.7 Å². The molecule has 1 aromatic carbocycles. The summed E-state index contributed by atoms with van der Waals surface area (Å²) in [6.45, 7) is 0. The van der Waals surface area contributed by atoms with Crippen molar-refractivity contribution in [3.05, 3.63) is 49.7 Å². The molecule has 0 aliphatic carbocycles. The molecule has 20 heavy (non-hydrogen) atoms. The minimum Gasteiger partial charge on any atom is -0.384 e. The highest BCUT2D eigenvalue weighted by Gasteiger charge is 2.20. The van der Waals surface area contributed by atoms with Crippen molar-refractivity contribution in [2.24, 2.45) is 0 Å². The quantitative estimate of drug-likeness (QED) is 0.844. The van der Waals surface area contributed by atoms with E-state index in [2.05, 4.69) is 4.98 Å². The van der Waals surface area contributed by atoms with Crippen LogP contribution in [-0.2, 0) is 0 Å². The molecule has 0 fully saturated rings. The van der Waals surface area contributed by atoms with Gasteiger partial charge in [0.15, 0.2) is 0 Å². The Labute approximate surface area is 123 Å². The lowest BCUT2D eigenvalue weighted by molar-refractivity contribution is 1.21. The number of rotatable bonds is 1. The predicted octanol–water partition coefficient (Wildman–Crippen LogP) is 2.67. The van der Waals surface area contributed by atoms with Gasteiger partial charge in [-0.15, -0.1) is 0 Å². The number of nitrogens with one attached hydrogen (secondary N) is 1. The van der Waals surface area contributed by atoms with Crippen LogP contribution in [0.25, 0.3) is 11.1 Å². The average molecular weight is 305 g/mol. The SMILES string of the molecule is N#Cc1c(N)[nH]c(=O)c(C#N)c1-c1cc(Cl)ccc1Cl. The minimum absolute atomic E-state index is 0.0229. The van der Waals surface area contributed by atoms with E-state index in [0.29, 0.717) is 10.6 Å². The highest BCUT2D eigenvalue weighted by atomic mass is 35.5. The number of aromatic nitrogens is 1. The molecule has 1 aromatic heterocycles. The first kappa shape index (κ1) is 14.0. The van der Waals surface area contributed by atoms with Crippen LogP contribution in [0.1, 0.15) is 11.1 Å². The maximum absolute atomic E-state index is 11.8. The van der Waals surface area contributed by atoms with Crippen molar-refractivity contribution in [1.29, 1.82) is 10.5 Å². The highest BCUT2D eigenvalue weighted by Crippen LogP contribution is 2.35. The molecule has 5 nitrogen and oxygen atoms in total. The molecule has 3 N–H and O–H groups in total. The van der Waals surface area contributed by atoms with E-state index in [1.165, 1.54) is 12.1 Å². The van der Waals surface area contributed by atoms with Crippen LogP contribution >= 0.6 is 23.2 Å². The molecular weight excluding hydrogens is 299 g/mol. The highest BCUT2D eigenvalue weighted by molar-refractivity contribution is 6.35. The molecule has 0 atom stereocenters. The predicted molar refractivity (Wildman–Crippen MR) is 76.4 cm³/mol. The molecule has 0 bridgehead atoms. The molecule has 0 amide bonds. The lowest BCUT2D eigenvalue weighted by Gasteiger charge is -2.10. The number of pyridine rings is 1. The van der Waals surface area contributed by atoms with Crippen LogP contribution in [0.2, 0.25) is 10.0 Å². The Kier molecular flexibility index (Phi) is 3.67. The van der Waals surface area contributed by atoms with E-state index in [-0.39, 0.29) is 27.5 Å². The number of aromatic amines is 1. The van der Waals surface area contributed by atoms with E-state index in [1.807, 2.05) is 6.07 Å². The largest absolute Gasteiger partial charge is 0.384 e. The van der Waals surface area contributed by atoms with Crippen LogP contribution < -0.4 is 11.3 Å². The fourth-order valence-electron chi connectivity index (χ4n) is 1.80. The van der Waals surface area contributed by atoms with Gasteiger partial charge in [-0.25, -0.2) is 0 Å². The molecule has 2 rings (SSSR count). The Morgan fingerprint density at radius 2 is 1.80 bits per heavy atom. The maximum Gasteiger partial charge on any atom is 0.268 e. The van der Waals surface area contributed by atoms with Gasteiger partial charge in [-0.1, -0.05) is 23.2 Å². The van der Waals surface area contributed by atoms with Crippen molar-refractivity contribution in [1.82, 2.24) is 4.98 Å². The number of H-pyrrole nitrogens is 1. The van der Waals surface area contributed by atoms with Gasteiger partial charge in [0.25, 0.3) is 5.56 Å². The van der Waals surface area contributed by atoms with E-state index >= 15 is 0 Å². The smallest absolute Gasteiger partial charge is 0.268 e. The van der Waals surface area contributed by atoms with Crippen LogP contribution in [-0.4, -0.2) is 4.98 Å². The molecule has 0 aliphatic rings. The standard InChI is InChI=1S/C13H6Cl2N4O/c14-6-1-2-10(15)7(3-6)11-8(4-16)12(18)19-13(20)9(11)5-17/h1-3H,(H3,18,19,20). The molecule has 2 aromatic rings. The summed E-state index contributed by atoms with van der Waals surface area (Å²) in [5.74, 6) is -0.123. The first-order valence-corrected chi connectivity index (χ1v) is 6.06. The van der Waals surface area contributed by atoms with E-state index in [1.54, 1.807) is 12.1 Å². The summed E-state index contributed by atoms with van der Waals surface area (Å²) in [7, 11) is 0. The Hall–Kier alpha value is -2.47. The number of nitrogens with zero attached hydrogens (tertiary/aromatic N) is 2. The number of hydrogen-bond acceptors (Lipinski definition) is 4. The summed E-state index contributed by atoms with van der Waals surface area (Å²) in [6.07, 6.45) is 0. The molecule has 0 saturated carbocycles. The van der Waals surface area contributed by atoms with Crippen molar-refractivity contribution in [3.63, 3.8) is 0 Å². The Morgan fingerprint density at radius 1 is 1.15 bits per heavy atom. The Balaban J connectivity index is 3.00. The van der Waals surface area contributed by atoms with E-state index in [0.717, 1.165) is 0 Å². The summed E-state index contributed by atoms with van der Waals surface area (Å²) >= 11 is 12.0. The first-order valence-electron chi connectivity index (χ1n) is 5.31. The average Bonchev–Trinajstić information content (AvgIpc) is 2.41. The van der Waals surface area contributed by atoms with Gasteiger partial charge < -0.3 is 10.7 Å². The first-order chi connectivity index (χ1) is 9.49. The van der Waals surface area contributed by atoms with Gasteiger partial charge >= 0.3 is 0 Å². The van der Waals surface area contributed by atoms with Crippen LogP contribution in [0.4, 0.5) is 5.82 Å². The second-order valence-electron chi connectivity index (χ2n) is 3.84. The van der Waals surface area contributed by atoms with Crippen molar-refractivity contribution in [2.75, 3.05) is 5.73 Å². The number of nitrogen functional groups attached to an aromatic ring is 1. The fourth-order valence-corrected chi connectivity index (χ4v) is 2.19. The number of anilines is 1. The summed E-state index contributed by atoms with van der Waals surface area (Å²) < 4.78 is 0. The van der Waals surface area contributed by atoms with Gasteiger partial charge in [-0.3, -0.25) is 4.79 Å². The third-order valence-electron chi connectivity index (χ3n) is 2.67. The van der Waals surface area contributed by atoms with Gasteiger partial charge in [0.05, 0.1) is 0 Å². The summed E-state index contributed by atoms with van der Waals surface area (Å²) in [4.78, 5) is 14.0. The second-order valence-corrected chi connectivity index (χ2v) is 4.68. The zero-order valence-electron chi connectivity index (χ0n) is 9.87. The van der Waals surface area contributed by atoms with Crippen LogP contribution in [0.15, 0.2) is 23.0 Å². The molecule has 0 unspecified atom stereocenters. The number of hydrogen-bond donors (Lipinski definition) is 2. The third kappa shape index (κ3) is 2.21. The summed E-state index contributed by atoms with van der Waals surface area (Å²) in [6, 6.07) is 8.16. The molecule has 1 heterocycles. The summed E-state index contributed by atoms with van der Waals surface area (Å²) in [5, 5.41) is 18.9. The summed E-state index contributed by atoms with van der Waals surface area (Å²) in [5.41, 5.74) is 5.07. The number of benzene rings is 1. The van der Waals surface area contributed by atoms with E-state index in [9.17, 15) is 10.1 Å². The van der Waals surface area contributed by atoms with Gasteiger partial charge in [-0.2, -0.15) is 10.5 Å². The molecule has 0 radical (unpaired) electrons. The molecule has 7 heteroatoms. The van der Waals surface area contributed by atoms with E-state index in [4.69, 9.17) is 34.2 Å². The molecule has 0 saturated heterocycles. The van der Waals surface area contributed by atoms with Gasteiger partial charge in [0.2, 0.25) is 0 Å². The number of nitriles is 2. The van der Waals surface area contributed by atoms with Gasteiger partial charge in [0.1, 0.15) is 29.1 Å². The van der Waals surface area contributed by atoms with Crippen LogP contribution in [0.3, 0.4) is 0 Å². The zero-order valence-corrected chi connectivity index (χ0v) is 11.4. The molecule has 98 valence electrons. The normalized spacial score (nSPS) is 9.80. The second kappa shape index (κ2) is 5.26. The van der Waals surface area contributed by atoms with Crippen molar-refractivity contribution in [2.45, 2.75) is 0 Å². The Bertz CT molecular complexity index is 843. The Morgan fingerprint density at radius 3 is 2.40 bits per heavy atom. The van der Waals surface area contributed by atoms with Crippen LogP contribution in [0.5, 0.6) is 0 Å². The monoisotopic (exact) mass is 304 g/mol. The minimum atomic E-state index is -0.685. The number of nitrogens with two attached hydrogens (primary N) is 1. The van der Waals surface area contributed by atoms with Crippen molar-refractivity contribution < 1.29 is 0 Å². The van der Waals surface area contributed by atoms with Crippen molar-refractivity contribution >= 4 is 29.0 Å². The molecule has 0 aliphatic heterocycles. The maximum atomic E-state index is 11.8. The molecular formula is C13H6Cl2N4O. The third-order valence-corrected chi connectivity index (χ3v) is 3.23. The van der Waals surface area contributed by atoms with Crippen molar-refractivity contribution in [3.8, 4) is 23.3 Å². The van der Waals surface area contributed by atoms with Gasteiger partial charge in [-0.05, 0) is 18.2 Å². The number of halogens is 2.